The summed E-state index contributed by atoms with van der Waals surface area (Å²) >= 11 is 0. The summed E-state index contributed by atoms with van der Waals surface area (Å²) in [5, 5.41) is 2.42. The molecule has 31 heavy (non-hydrogen) atoms. The maximum atomic E-state index is 6.16. The monoisotopic (exact) mass is 409 g/mol. The summed E-state index contributed by atoms with van der Waals surface area (Å²) in [5.41, 5.74) is 5.57. The van der Waals surface area contributed by atoms with Crippen molar-refractivity contribution in [1.82, 2.24) is 0 Å². The highest BCUT2D eigenvalue weighted by molar-refractivity contribution is 5.85. The summed E-state index contributed by atoms with van der Waals surface area (Å²) in [6, 6.07) is 26.8. The van der Waals surface area contributed by atoms with Crippen molar-refractivity contribution in [3.63, 3.8) is 0 Å². The Labute approximate surface area is 184 Å². The second kappa shape index (κ2) is 9.48. The van der Waals surface area contributed by atoms with Crippen LogP contribution in [0.5, 0.6) is 11.5 Å². The second-order valence-corrected chi connectivity index (χ2v) is 7.59. The topological polar surface area (TPSA) is 30.8 Å². The molecule has 4 aromatic rings. The van der Waals surface area contributed by atoms with Gasteiger partial charge in [-0.3, -0.25) is 4.99 Å². The van der Waals surface area contributed by atoms with Crippen LogP contribution in [0.2, 0.25) is 0 Å². The van der Waals surface area contributed by atoms with Crippen molar-refractivity contribution in [2.75, 3.05) is 6.61 Å². The predicted molar refractivity (Wildman–Crippen MR) is 129 cm³/mol. The number of ether oxygens (including phenoxy) is 2. The standard InChI is InChI=1S/C28H27NO2/c1-4-30-28-17-22(18-29-25-14-12-20(2)21(3)16-25)13-15-27(28)31-19-24-10-7-9-23-8-5-6-11-26(23)24/h5-18H,4,19H2,1-3H3. The van der Waals surface area contributed by atoms with Gasteiger partial charge in [0.15, 0.2) is 11.5 Å². The van der Waals surface area contributed by atoms with Crippen molar-refractivity contribution >= 4 is 22.7 Å². The van der Waals surface area contributed by atoms with Gasteiger partial charge in [-0.2, -0.15) is 0 Å². The van der Waals surface area contributed by atoms with Crippen LogP contribution in [0.3, 0.4) is 0 Å². The van der Waals surface area contributed by atoms with E-state index < -0.39 is 0 Å². The van der Waals surface area contributed by atoms with Gasteiger partial charge in [0.1, 0.15) is 6.61 Å². The smallest absolute Gasteiger partial charge is 0.161 e. The van der Waals surface area contributed by atoms with Crippen LogP contribution in [-0.4, -0.2) is 12.8 Å². The lowest BCUT2D eigenvalue weighted by molar-refractivity contribution is 0.270. The molecule has 3 heteroatoms. The molecule has 0 N–H and O–H groups in total. The molecule has 4 aromatic carbocycles. The second-order valence-electron chi connectivity index (χ2n) is 7.59. The normalized spacial score (nSPS) is 11.2. The Morgan fingerprint density at radius 2 is 1.61 bits per heavy atom. The number of benzene rings is 4. The summed E-state index contributed by atoms with van der Waals surface area (Å²) in [6.45, 7) is 7.24. The minimum Gasteiger partial charge on any atom is -0.490 e. The number of aliphatic imine (C=N–C) groups is 1. The molecule has 0 fully saturated rings. The van der Waals surface area contributed by atoms with Crippen molar-refractivity contribution in [2.45, 2.75) is 27.4 Å². The van der Waals surface area contributed by atoms with E-state index in [0.29, 0.717) is 13.2 Å². The van der Waals surface area contributed by atoms with Gasteiger partial charge in [-0.05, 0) is 84.1 Å². The Hall–Kier alpha value is -3.59. The largest absolute Gasteiger partial charge is 0.490 e. The third kappa shape index (κ3) is 4.95. The molecule has 0 saturated carbocycles. The number of rotatable bonds is 7. The number of hydrogen-bond acceptors (Lipinski definition) is 3. The summed E-state index contributed by atoms with van der Waals surface area (Å²) in [6.07, 6.45) is 1.86. The fraction of sp³-hybridized carbons (Fsp3) is 0.179. The molecule has 0 atom stereocenters. The predicted octanol–water partition coefficient (Wildman–Crippen LogP) is 7.18. The van der Waals surface area contributed by atoms with E-state index in [0.717, 1.165) is 28.3 Å². The van der Waals surface area contributed by atoms with Gasteiger partial charge in [0.25, 0.3) is 0 Å². The van der Waals surface area contributed by atoms with Crippen molar-refractivity contribution < 1.29 is 9.47 Å². The van der Waals surface area contributed by atoms with Gasteiger partial charge in [-0.15, -0.1) is 0 Å². The lowest BCUT2D eigenvalue weighted by Gasteiger charge is -2.13. The van der Waals surface area contributed by atoms with E-state index in [4.69, 9.17) is 9.47 Å². The van der Waals surface area contributed by atoms with Gasteiger partial charge in [-0.25, -0.2) is 0 Å². The van der Waals surface area contributed by atoms with Crippen LogP contribution < -0.4 is 9.47 Å². The van der Waals surface area contributed by atoms with Crippen LogP contribution in [0.4, 0.5) is 5.69 Å². The van der Waals surface area contributed by atoms with Gasteiger partial charge in [0.05, 0.1) is 12.3 Å². The Balaban J connectivity index is 1.54. The summed E-state index contributed by atoms with van der Waals surface area (Å²) in [7, 11) is 0. The molecule has 0 amide bonds. The molecule has 0 heterocycles. The van der Waals surface area contributed by atoms with Gasteiger partial charge in [0, 0.05) is 6.21 Å². The van der Waals surface area contributed by atoms with Crippen LogP contribution in [0.15, 0.2) is 83.9 Å². The van der Waals surface area contributed by atoms with Gasteiger partial charge < -0.3 is 9.47 Å². The first kappa shape index (κ1) is 20.7. The zero-order chi connectivity index (χ0) is 21.6. The molecule has 0 aromatic heterocycles. The lowest BCUT2D eigenvalue weighted by Crippen LogP contribution is -2.01. The molecule has 0 aliphatic heterocycles. The summed E-state index contributed by atoms with van der Waals surface area (Å²) in [4.78, 5) is 4.62. The Morgan fingerprint density at radius 1 is 0.774 bits per heavy atom. The third-order valence-electron chi connectivity index (χ3n) is 5.38. The number of nitrogens with zero attached hydrogens (tertiary/aromatic N) is 1. The van der Waals surface area contributed by atoms with Crippen molar-refractivity contribution in [3.05, 3.63) is 101 Å². The van der Waals surface area contributed by atoms with Crippen LogP contribution in [0, 0.1) is 13.8 Å². The Morgan fingerprint density at radius 3 is 2.45 bits per heavy atom. The molecule has 4 rings (SSSR count). The molecule has 0 radical (unpaired) electrons. The van der Waals surface area contributed by atoms with Crippen molar-refractivity contribution in [3.8, 4) is 11.5 Å². The molecular formula is C28H27NO2. The first-order chi connectivity index (χ1) is 15.1. The first-order valence-corrected chi connectivity index (χ1v) is 10.6. The van der Waals surface area contributed by atoms with Crippen molar-refractivity contribution in [2.24, 2.45) is 4.99 Å². The molecule has 0 saturated heterocycles. The fourth-order valence-corrected chi connectivity index (χ4v) is 3.52. The zero-order valence-electron chi connectivity index (χ0n) is 18.3. The molecule has 0 bridgehead atoms. The van der Waals surface area contributed by atoms with E-state index in [-0.39, 0.29) is 0 Å². The molecule has 3 nitrogen and oxygen atoms in total. The lowest BCUT2D eigenvalue weighted by atomic mass is 10.1. The van der Waals surface area contributed by atoms with Crippen LogP contribution >= 0.6 is 0 Å². The maximum Gasteiger partial charge on any atom is 0.161 e. The minimum atomic E-state index is 0.484. The molecule has 0 aliphatic rings. The highest BCUT2D eigenvalue weighted by Gasteiger charge is 2.08. The summed E-state index contributed by atoms with van der Waals surface area (Å²) in [5.74, 6) is 1.46. The summed E-state index contributed by atoms with van der Waals surface area (Å²) < 4.78 is 12.0. The van der Waals surface area contributed by atoms with Gasteiger partial charge in [0.2, 0.25) is 0 Å². The molecule has 156 valence electrons. The van der Waals surface area contributed by atoms with Gasteiger partial charge in [-0.1, -0.05) is 48.5 Å². The maximum absolute atomic E-state index is 6.16. The highest BCUT2D eigenvalue weighted by atomic mass is 16.5. The fourth-order valence-electron chi connectivity index (χ4n) is 3.52. The molecule has 0 spiro atoms. The minimum absolute atomic E-state index is 0.484. The van der Waals surface area contributed by atoms with E-state index in [9.17, 15) is 0 Å². The van der Waals surface area contributed by atoms with Crippen LogP contribution in [-0.2, 0) is 6.61 Å². The average Bonchev–Trinajstić information content (AvgIpc) is 2.79. The van der Waals surface area contributed by atoms with Gasteiger partial charge >= 0.3 is 0 Å². The molecule has 0 aliphatic carbocycles. The van der Waals surface area contributed by atoms with E-state index >= 15 is 0 Å². The Bertz CT molecular complexity index is 1220. The van der Waals surface area contributed by atoms with E-state index in [2.05, 4.69) is 73.4 Å². The van der Waals surface area contributed by atoms with E-state index in [1.807, 2.05) is 37.4 Å². The molecular weight excluding hydrogens is 382 g/mol. The van der Waals surface area contributed by atoms with E-state index in [1.54, 1.807) is 0 Å². The third-order valence-corrected chi connectivity index (χ3v) is 5.38. The number of hydrogen-bond donors (Lipinski definition) is 0. The molecule has 0 unspecified atom stereocenters. The van der Waals surface area contributed by atoms with Crippen LogP contribution in [0.1, 0.15) is 29.2 Å². The zero-order valence-corrected chi connectivity index (χ0v) is 18.3. The Kier molecular flexibility index (Phi) is 6.32. The SMILES string of the molecule is CCOc1cc(C=Nc2ccc(C)c(C)c2)ccc1OCc1cccc2ccccc12. The number of fused-ring (bicyclic) bond motifs is 1. The average molecular weight is 410 g/mol. The van der Waals surface area contributed by atoms with Crippen molar-refractivity contribution in [1.29, 1.82) is 0 Å². The highest BCUT2D eigenvalue weighted by Crippen LogP contribution is 2.30. The van der Waals surface area contributed by atoms with E-state index in [1.165, 1.54) is 21.9 Å². The first-order valence-electron chi connectivity index (χ1n) is 10.6. The van der Waals surface area contributed by atoms with Crippen LogP contribution in [0.25, 0.3) is 10.8 Å². The quantitative estimate of drug-likeness (QED) is 0.303. The number of aryl methyl sites for hydroxylation is 2.